The first-order chi connectivity index (χ1) is 19.4. The minimum Gasteiger partial charge on any atom is -0.496 e. The molecule has 2 aromatic heterocycles. The molecule has 7 nitrogen and oxygen atoms in total. The molecule has 0 fully saturated rings. The second-order valence-corrected chi connectivity index (χ2v) is 11.0. The highest BCUT2D eigenvalue weighted by Crippen LogP contribution is 2.38. The third kappa shape index (κ3) is 6.73. The van der Waals surface area contributed by atoms with Crippen LogP contribution in [0, 0.1) is 5.92 Å². The van der Waals surface area contributed by atoms with Crippen LogP contribution in [0.25, 0.3) is 5.65 Å². The number of fused-ring (bicyclic) bond motifs is 1. The fourth-order valence-corrected chi connectivity index (χ4v) is 5.05. The van der Waals surface area contributed by atoms with E-state index >= 15 is 0 Å². The summed E-state index contributed by atoms with van der Waals surface area (Å²) in [7, 11) is 3.23. The summed E-state index contributed by atoms with van der Waals surface area (Å²) >= 11 is 10.1. The van der Waals surface area contributed by atoms with Crippen molar-refractivity contribution in [3.8, 4) is 17.2 Å². The summed E-state index contributed by atoms with van der Waals surface area (Å²) in [6.07, 6.45) is 3.44. The predicted octanol–water partition coefficient (Wildman–Crippen LogP) is 7.06. The van der Waals surface area contributed by atoms with E-state index in [1.165, 1.54) is 0 Å². The number of alkyl halides is 1. The van der Waals surface area contributed by atoms with Crippen LogP contribution >= 0.6 is 27.5 Å². The van der Waals surface area contributed by atoms with Gasteiger partial charge in [-0.05, 0) is 42.7 Å². The Morgan fingerprint density at radius 2 is 1.80 bits per heavy atom. The van der Waals surface area contributed by atoms with Crippen LogP contribution in [0.1, 0.15) is 47.6 Å². The highest BCUT2D eigenvalue weighted by Gasteiger charge is 2.26. The number of aromatic nitrogens is 2. The van der Waals surface area contributed by atoms with Crippen molar-refractivity contribution in [3.63, 3.8) is 0 Å². The molecule has 0 saturated heterocycles. The molecule has 0 bridgehead atoms. The van der Waals surface area contributed by atoms with Crippen LogP contribution in [0.3, 0.4) is 0 Å². The van der Waals surface area contributed by atoms with Gasteiger partial charge in [0.2, 0.25) is 0 Å². The largest absolute Gasteiger partial charge is 0.496 e. The molecule has 212 valence electrons. The molecule has 4 rings (SSSR count). The van der Waals surface area contributed by atoms with Crippen LogP contribution in [-0.2, 0) is 13.0 Å². The average molecular weight is 629 g/mol. The molecular formula is C31H35BrClN3O4. The lowest BCUT2D eigenvalue weighted by atomic mass is 10.1. The van der Waals surface area contributed by atoms with Crippen molar-refractivity contribution in [3.05, 3.63) is 88.3 Å². The predicted molar refractivity (Wildman–Crippen MR) is 162 cm³/mol. The van der Waals surface area contributed by atoms with Crippen molar-refractivity contribution in [2.24, 2.45) is 5.92 Å². The molecule has 9 heteroatoms. The van der Waals surface area contributed by atoms with Crippen molar-refractivity contribution < 1.29 is 19.0 Å². The monoisotopic (exact) mass is 627 g/mol. The smallest absolute Gasteiger partial charge is 0.255 e. The summed E-state index contributed by atoms with van der Waals surface area (Å²) in [4.78, 5) is 20.9. The molecule has 0 N–H and O–H groups in total. The van der Waals surface area contributed by atoms with Gasteiger partial charge in [-0.3, -0.25) is 4.79 Å². The van der Waals surface area contributed by atoms with Gasteiger partial charge in [0.15, 0.2) is 11.5 Å². The number of hydrogen-bond donors (Lipinski definition) is 0. The van der Waals surface area contributed by atoms with Gasteiger partial charge in [-0.15, -0.1) is 0 Å². The maximum atomic E-state index is 14.1. The minimum atomic E-state index is -0.183. The molecule has 0 aliphatic carbocycles. The zero-order chi connectivity index (χ0) is 28.6. The number of amides is 1. The normalized spacial score (nSPS) is 11.2. The van der Waals surface area contributed by atoms with Crippen LogP contribution in [0.15, 0.2) is 60.8 Å². The Balaban J connectivity index is 1.74. The Kier molecular flexibility index (Phi) is 10.3. The van der Waals surface area contributed by atoms with Crippen molar-refractivity contribution in [2.45, 2.75) is 33.2 Å². The maximum Gasteiger partial charge on any atom is 0.255 e. The summed E-state index contributed by atoms with van der Waals surface area (Å²) in [6, 6.07) is 17.3. The first-order valence-corrected chi connectivity index (χ1v) is 14.8. The number of nitrogens with zero attached hydrogens (tertiary/aromatic N) is 3. The molecule has 4 aromatic rings. The number of imidazole rings is 1. The molecule has 0 aliphatic rings. The van der Waals surface area contributed by atoms with Gasteiger partial charge < -0.3 is 23.5 Å². The summed E-state index contributed by atoms with van der Waals surface area (Å²) < 4.78 is 19.0. The molecule has 0 unspecified atom stereocenters. The van der Waals surface area contributed by atoms with Crippen molar-refractivity contribution in [1.82, 2.24) is 14.3 Å². The van der Waals surface area contributed by atoms with E-state index < -0.39 is 0 Å². The molecule has 0 spiro atoms. The van der Waals surface area contributed by atoms with Crippen LogP contribution in [0.4, 0.5) is 0 Å². The van der Waals surface area contributed by atoms with Crippen LogP contribution < -0.4 is 14.2 Å². The third-order valence-corrected chi connectivity index (χ3v) is 7.40. The Labute approximate surface area is 249 Å². The van der Waals surface area contributed by atoms with Gasteiger partial charge in [-0.25, -0.2) is 4.98 Å². The van der Waals surface area contributed by atoms with Gasteiger partial charge in [0, 0.05) is 30.1 Å². The number of methoxy groups -OCH3 is 2. The molecular weight excluding hydrogens is 594 g/mol. The fourth-order valence-electron chi connectivity index (χ4n) is 4.60. The Hall–Kier alpha value is -3.23. The summed E-state index contributed by atoms with van der Waals surface area (Å²) in [6.45, 7) is 5.56. The van der Waals surface area contributed by atoms with E-state index in [2.05, 4.69) is 40.2 Å². The second-order valence-electron chi connectivity index (χ2n) is 9.83. The first-order valence-electron chi connectivity index (χ1n) is 13.3. The highest BCUT2D eigenvalue weighted by atomic mass is 79.9. The van der Waals surface area contributed by atoms with E-state index in [0.717, 1.165) is 34.8 Å². The second kappa shape index (κ2) is 13.9. The van der Waals surface area contributed by atoms with Gasteiger partial charge in [0.25, 0.3) is 5.91 Å². The lowest BCUT2D eigenvalue weighted by molar-refractivity contribution is 0.0733. The van der Waals surface area contributed by atoms with Gasteiger partial charge in [-0.1, -0.05) is 65.6 Å². The van der Waals surface area contributed by atoms with E-state index in [0.29, 0.717) is 54.4 Å². The molecule has 2 heterocycles. The van der Waals surface area contributed by atoms with Gasteiger partial charge >= 0.3 is 0 Å². The van der Waals surface area contributed by atoms with E-state index in [4.69, 9.17) is 30.8 Å². The van der Waals surface area contributed by atoms with E-state index in [-0.39, 0.29) is 10.9 Å². The van der Waals surface area contributed by atoms with Gasteiger partial charge in [-0.2, -0.15) is 0 Å². The van der Waals surface area contributed by atoms with Crippen LogP contribution in [-0.4, -0.2) is 52.9 Å². The van der Waals surface area contributed by atoms with Crippen molar-refractivity contribution in [1.29, 1.82) is 0 Å². The average Bonchev–Trinajstić information content (AvgIpc) is 3.30. The standard InChI is InChI=1S/C31H35BrClN3O4/c1-21(2)14-17-35(31(37)23-12-13-27(39-4)30(29(23)33)40-18-15-32)20-24-25(36-16-8-7-11-28(36)34-24)19-22-9-5-6-10-26(22)38-3/h5-13,16,21H,14-15,17-20H2,1-4H3. The molecule has 0 saturated carbocycles. The summed E-state index contributed by atoms with van der Waals surface area (Å²) in [5.41, 5.74) is 4.07. The lowest BCUT2D eigenvalue weighted by Crippen LogP contribution is -2.33. The Morgan fingerprint density at radius 3 is 2.52 bits per heavy atom. The number of ether oxygens (including phenoxy) is 3. The van der Waals surface area contributed by atoms with E-state index in [1.807, 2.05) is 47.5 Å². The number of benzene rings is 2. The number of halogens is 2. The molecule has 40 heavy (non-hydrogen) atoms. The van der Waals surface area contributed by atoms with Gasteiger partial charge in [0.1, 0.15) is 11.4 Å². The number of carbonyl (C=O) groups is 1. The molecule has 2 aromatic carbocycles. The zero-order valence-corrected chi connectivity index (χ0v) is 25.7. The molecule has 0 atom stereocenters. The molecule has 1 amide bonds. The van der Waals surface area contributed by atoms with Crippen LogP contribution in [0.5, 0.6) is 17.2 Å². The SMILES string of the molecule is COc1ccccc1Cc1c(CN(CCC(C)C)C(=O)c2ccc(OC)c(OCCBr)c2Cl)nc2ccccn12. The number of para-hydroxylation sites is 1. The molecule has 0 aliphatic heterocycles. The zero-order valence-electron chi connectivity index (χ0n) is 23.3. The third-order valence-electron chi connectivity index (χ3n) is 6.70. The lowest BCUT2D eigenvalue weighted by Gasteiger charge is -2.25. The number of hydrogen-bond acceptors (Lipinski definition) is 5. The number of rotatable bonds is 13. The Bertz CT molecular complexity index is 1460. The highest BCUT2D eigenvalue weighted by molar-refractivity contribution is 9.09. The summed E-state index contributed by atoms with van der Waals surface area (Å²) in [5, 5.41) is 0.859. The quantitative estimate of drug-likeness (QED) is 0.148. The first kappa shape index (κ1) is 29.7. The van der Waals surface area contributed by atoms with Crippen LogP contribution in [0.2, 0.25) is 5.02 Å². The maximum absolute atomic E-state index is 14.1. The van der Waals surface area contributed by atoms with Crippen molar-refractivity contribution >= 4 is 39.1 Å². The van der Waals surface area contributed by atoms with E-state index in [9.17, 15) is 4.79 Å². The van der Waals surface area contributed by atoms with Gasteiger partial charge in [0.05, 0.1) is 49.3 Å². The fraction of sp³-hybridized carbons (Fsp3) is 0.355. The Morgan fingerprint density at radius 1 is 1.05 bits per heavy atom. The number of carbonyl (C=O) groups excluding carboxylic acids is 1. The molecule has 0 radical (unpaired) electrons. The minimum absolute atomic E-state index is 0.183. The topological polar surface area (TPSA) is 65.3 Å². The van der Waals surface area contributed by atoms with Crippen molar-refractivity contribution in [2.75, 3.05) is 32.7 Å². The number of pyridine rings is 1. The summed E-state index contributed by atoms with van der Waals surface area (Å²) in [5.74, 6) is 1.89. The van der Waals surface area contributed by atoms with E-state index in [1.54, 1.807) is 26.4 Å².